The number of carbonyl (C=O) groups is 1. The van der Waals surface area contributed by atoms with Crippen LogP contribution in [0.2, 0.25) is 0 Å². The Morgan fingerprint density at radius 1 is 1.06 bits per heavy atom. The van der Waals surface area contributed by atoms with Gasteiger partial charge in [-0.15, -0.1) is 0 Å². The summed E-state index contributed by atoms with van der Waals surface area (Å²) in [7, 11) is 1.56. The fraction of sp³-hybridized carbons (Fsp3) is 0.276. The SMILES string of the molecule is COc1c2c(cc3c1-c1c(O)cccc1C[C@@H](C)[C@@H](C)[C@@H]3OC(=O)/C=C/c1ccccc1)OCO2. The largest absolute Gasteiger partial charge is 0.507 e. The molecule has 0 saturated heterocycles. The van der Waals surface area contributed by atoms with E-state index in [9.17, 15) is 9.90 Å². The van der Waals surface area contributed by atoms with E-state index in [4.69, 9.17) is 18.9 Å². The molecule has 35 heavy (non-hydrogen) atoms. The molecule has 180 valence electrons. The second-order valence-electron chi connectivity index (χ2n) is 9.06. The maximum Gasteiger partial charge on any atom is 0.331 e. The van der Waals surface area contributed by atoms with Gasteiger partial charge in [0.1, 0.15) is 11.9 Å². The highest BCUT2D eigenvalue weighted by atomic mass is 16.7. The third kappa shape index (κ3) is 4.20. The fourth-order valence-electron chi connectivity index (χ4n) is 4.93. The Labute approximate surface area is 204 Å². The molecule has 0 aromatic heterocycles. The first-order chi connectivity index (χ1) is 17.0. The predicted octanol–water partition coefficient (Wildman–Crippen LogP) is 5.92. The maximum atomic E-state index is 13.0. The van der Waals surface area contributed by atoms with E-state index in [1.54, 1.807) is 19.3 Å². The van der Waals surface area contributed by atoms with E-state index >= 15 is 0 Å². The summed E-state index contributed by atoms with van der Waals surface area (Å²) in [4.78, 5) is 13.0. The molecule has 3 atom stereocenters. The first-order valence-electron chi connectivity index (χ1n) is 11.7. The van der Waals surface area contributed by atoms with Crippen LogP contribution in [0.4, 0.5) is 0 Å². The van der Waals surface area contributed by atoms with Gasteiger partial charge in [0.2, 0.25) is 12.5 Å². The van der Waals surface area contributed by atoms with Crippen molar-refractivity contribution >= 4 is 12.0 Å². The molecule has 0 bridgehead atoms. The molecule has 0 radical (unpaired) electrons. The zero-order valence-corrected chi connectivity index (χ0v) is 20.0. The first-order valence-corrected chi connectivity index (χ1v) is 11.7. The molecule has 3 aromatic carbocycles. The number of hydrogen-bond donors (Lipinski definition) is 1. The zero-order chi connectivity index (χ0) is 24.5. The molecule has 1 heterocycles. The van der Waals surface area contributed by atoms with Gasteiger partial charge in [0, 0.05) is 28.7 Å². The van der Waals surface area contributed by atoms with E-state index in [0.29, 0.717) is 34.8 Å². The van der Waals surface area contributed by atoms with Gasteiger partial charge >= 0.3 is 5.97 Å². The summed E-state index contributed by atoms with van der Waals surface area (Å²) < 4.78 is 23.3. The Morgan fingerprint density at radius 2 is 1.86 bits per heavy atom. The fourth-order valence-corrected chi connectivity index (χ4v) is 4.93. The predicted molar refractivity (Wildman–Crippen MR) is 133 cm³/mol. The van der Waals surface area contributed by atoms with Crippen LogP contribution in [0.3, 0.4) is 0 Å². The standard InChI is InChI=1S/C29H28O6/c1-17-14-20-10-7-11-22(30)25(20)26-21(15-23-28(29(26)32-3)34-16-33-23)27(18(17)2)35-24(31)13-12-19-8-5-4-6-9-19/h4-13,15,17-18,27,30H,14,16H2,1-3H3/b13-12+/t17-,18-,27+/m1/s1. The Balaban J connectivity index is 1.65. The number of benzene rings is 3. The van der Waals surface area contributed by atoms with Crippen LogP contribution in [0, 0.1) is 11.8 Å². The summed E-state index contributed by atoms with van der Waals surface area (Å²) in [6.45, 7) is 4.28. The molecule has 0 unspecified atom stereocenters. The van der Waals surface area contributed by atoms with Crippen molar-refractivity contribution in [2.75, 3.05) is 13.9 Å². The normalized spacial score (nSPS) is 20.5. The van der Waals surface area contributed by atoms with Crippen molar-refractivity contribution in [2.45, 2.75) is 26.4 Å². The van der Waals surface area contributed by atoms with Gasteiger partial charge in [-0.3, -0.25) is 0 Å². The average molecular weight is 473 g/mol. The van der Waals surface area contributed by atoms with Crippen molar-refractivity contribution in [3.05, 3.63) is 77.4 Å². The van der Waals surface area contributed by atoms with E-state index in [1.807, 2.05) is 48.5 Å². The minimum Gasteiger partial charge on any atom is -0.507 e. The van der Waals surface area contributed by atoms with Crippen molar-refractivity contribution in [1.29, 1.82) is 0 Å². The molecular weight excluding hydrogens is 444 g/mol. The van der Waals surface area contributed by atoms with Crippen LogP contribution in [0.15, 0.2) is 60.7 Å². The van der Waals surface area contributed by atoms with Crippen molar-refractivity contribution < 1.29 is 28.8 Å². The zero-order valence-electron chi connectivity index (χ0n) is 20.0. The van der Waals surface area contributed by atoms with Gasteiger partial charge in [0.15, 0.2) is 11.5 Å². The number of methoxy groups -OCH3 is 1. The highest BCUT2D eigenvalue weighted by Gasteiger charge is 2.38. The van der Waals surface area contributed by atoms with Crippen molar-refractivity contribution in [1.82, 2.24) is 0 Å². The molecule has 3 aromatic rings. The first kappa shape index (κ1) is 22.8. The molecule has 6 nitrogen and oxygen atoms in total. The smallest absolute Gasteiger partial charge is 0.331 e. The highest BCUT2D eigenvalue weighted by Crippen LogP contribution is 2.55. The number of aromatic hydroxyl groups is 1. The van der Waals surface area contributed by atoms with Crippen LogP contribution < -0.4 is 14.2 Å². The molecule has 1 aliphatic heterocycles. The topological polar surface area (TPSA) is 74.2 Å². The number of rotatable bonds is 4. The van der Waals surface area contributed by atoms with Crippen molar-refractivity contribution in [2.24, 2.45) is 11.8 Å². The van der Waals surface area contributed by atoms with Gasteiger partial charge in [-0.05, 0) is 41.7 Å². The second kappa shape index (κ2) is 9.37. The van der Waals surface area contributed by atoms with Gasteiger partial charge in [-0.25, -0.2) is 4.79 Å². The van der Waals surface area contributed by atoms with Crippen LogP contribution in [-0.4, -0.2) is 25.0 Å². The van der Waals surface area contributed by atoms with Gasteiger partial charge in [0.25, 0.3) is 0 Å². The molecule has 5 rings (SSSR count). The molecular formula is C29H28O6. The summed E-state index contributed by atoms with van der Waals surface area (Å²) in [6.07, 6.45) is 3.29. The van der Waals surface area contributed by atoms with Crippen LogP contribution in [0.5, 0.6) is 23.0 Å². The van der Waals surface area contributed by atoms with Gasteiger partial charge in [0.05, 0.1) is 7.11 Å². The van der Waals surface area contributed by atoms with Crippen molar-refractivity contribution in [3.8, 4) is 34.1 Å². The molecule has 0 amide bonds. The Morgan fingerprint density at radius 3 is 2.63 bits per heavy atom. The van der Waals surface area contributed by atoms with Crippen molar-refractivity contribution in [3.63, 3.8) is 0 Å². The second-order valence-corrected chi connectivity index (χ2v) is 9.06. The minimum absolute atomic E-state index is 0.0246. The number of esters is 1. The number of carbonyl (C=O) groups excluding carboxylic acids is 1. The summed E-state index contributed by atoms with van der Waals surface area (Å²) in [5.74, 6) is 1.30. The summed E-state index contributed by atoms with van der Waals surface area (Å²) in [5, 5.41) is 11.0. The lowest BCUT2D eigenvalue weighted by molar-refractivity contribution is -0.146. The van der Waals surface area contributed by atoms with E-state index in [2.05, 4.69) is 13.8 Å². The van der Waals surface area contributed by atoms with Gasteiger partial charge < -0.3 is 24.1 Å². The van der Waals surface area contributed by atoms with E-state index in [0.717, 1.165) is 16.7 Å². The number of phenols is 1. The van der Waals surface area contributed by atoms with Crippen LogP contribution >= 0.6 is 0 Å². The highest BCUT2D eigenvalue weighted by molar-refractivity contribution is 5.89. The third-order valence-corrected chi connectivity index (χ3v) is 6.91. The summed E-state index contributed by atoms with van der Waals surface area (Å²) in [5.41, 5.74) is 3.95. The lowest BCUT2D eigenvalue weighted by Gasteiger charge is -2.34. The lowest BCUT2D eigenvalue weighted by atomic mass is 9.76. The number of hydrogen-bond acceptors (Lipinski definition) is 6. The van der Waals surface area contributed by atoms with E-state index in [-0.39, 0.29) is 24.4 Å². The van der Waals surface area contributed by atoms with Gasteiger partial charge in [-0.2, -0.15) is 0 Å². The molecule has 1 aliphatic carbocycles. The maximum absolute atomic E-state index is 13.0. The van der Waals surface area contributed by atoms with E-state index in [1.165, 1.54) is 6.08 Å². The van der Waals surface area contributed by atoms with Crippen LogP contribution in [0.25, 0.3) is 17.2 Å². The Bertz CT molecular complexity index is 1280. The van der Waals surface area contributed by atoms with Crippen LogP contribution in [0.1, 0.15) is 36.6 Å². The molecule has 2 aliphatic rings. The number of phenolic OH excluding ortho intramolecular Hbond substituents is 1. The summed E-state index contributed by atoms with van der Waals surface area (Å²) in [6, 6.07) is 17.0. The summed E-state index contributed by atoms with van der Waals surface area (Å²) >= 11 is 0. The lowest BCUT2D eigenvalue weighted by Crippen LogP contribution is -2.26. The Hall–Kier alpha value is -3.93. The third-order valence-electron chi connectivity index (χ3n) is 6.91. The van der Waals surface area contributed by atoms with E-state index < -0.39 is 12.1 Å². The molecule has 0 fully saturated rings. The molecule has 6 heteroatoms. The average Bonchev–Trinajstić information content (AvgIpc) is 3.33. The molecule has 1 N–H and O–H groups in total. The Kier molecular flexibility index (Phi) is 6.12. The quantitative estimate of drug-likeness (QED) is 0.375. The molecule has 0 spiro atoms. The number of fused-ring (bicyclic) bond motifs is 4. The number of ether oxygens (including phenoxy) is 4. The monoisotopic (exact) mass is 472 g/mol. The van der Waals surface area contributed by atoms with Gasteiger partial charge in [-0.1, -0.05) is 56.3 Å². The van der Waals surface area contributed by atoms with Crippen LogP contribution in [-0.2, 0) is 16.0 Å². The molecule has 0 saturated carbocycles. The minimum atomic E-state index is -0.593.